The number of hydrogen-bond donors (Lipinski definition) is 1. The molecule has 2 atom stereocenters. The first-order valence-electron chi connectivity index (χ1n) is 20.4. The van der Waals surface area contributed by atoms with Gasteiger partial charge in [0.1, 0.15) is 6.61 Å². The Balaban J connectivity index is 3.93. The normalized spacial score (nSPS) is 13.5. The molecule has 8 nitrogen and oxygen atoms in total. The molecule has 0 heterocycles. The van der Waals surface area contributed by atoms with Crippen molar-refractivity contribution in [3.63, 3.8) is 0 Å². The summed E-state index contributed by atoms with van der Waals surface area (Å²) >= 11 is 0. The van der Waals surface area contributed by atoms with Gasteiger partial charge in [0, 0.05) is 20.0 Å². The van der Waals surface area contributed by atoms with Crippen molar-refractivity contribution in [2.75, 3.05) is 20.3 Å². The van der Waals surface area contributed by atoms with Gasteiger partial charge >= 0.3 is 19.8 Å². The van der Waals surface area contributed by atoms with E-state index in [0.29, 0.717) is 12.8 Å². The third-order valence-electron chi connectivity index (χ3n) is 9.01. The molecule has 0 saturated heterocycles. The second-order valence-corrected chi connectivity index (χ2v) is 15.3. The van der Waals surface area contributed by atoms with E-state index in [1.54, 1.807) is 0 Å². The minimum absolute atomic E-state index is 0.223. The first-order valence-corrected chi connectivity index (χ1v) is 21.9. The summed E-state index contributed by atoms with van der Waals surface area (Å²) in [5.74, 6) is -0.806. The van der Waals surface area contributed by atoms with Crippen LogP contribution in [-0.2, 0) is 32.7 Å². The molecule has 0 aliphatic rings. The maximum atomic E-state index is 12.4. The second-order valence-electron chi connectivity index (χ2n) is 13.8. The lowest BCUT2D eigenvalue weighted by Gasteiger charge is -2.19. The molecule has 0 rings (SSSR count). The predicted octanol–water partition coefficient (Wildman–Crippen LogP) is 12.5. The van der Waals surface area contributed by atoms with Crippen LogP contribution in [0.3, 0.4) is 0 Å². The van der Waals surface area contributed by atoms with Gasteiger partial charge in [0.05, 0.1) is 6.61 Å². The summed E-state index contributed by atoms with van der Waals surface area (Å²) in [6, 6.07) is 0. The van der Waals surface area contributed by atoms with Crippen LogP contribution >= 0.6 is 7.82 Å². The van der Waals surface area contributed by atoms with Crippen molar-refractivity contribution >= 4 is 19.8 Å². The van der Waals surface area contributed by atoms with E-state index >= 15 is 0 Å². The summed E-state index contributed by atoms with van der Waals surface area (Å²) in [5, 5.41) is 0. The summed E-state index contributed by atoms with van der Waals surface area (Å²) in [5.41, 5.74) is 0. The Morgan fingerprint density at radius 1 is 0.551 bits per heavy atom. The summed E-state index contributed by atoms with van der Waals surface area (Å²) in [6.07, 6.45) is 38.4. The van der Waals surface area contributed by atoms with Gasteiger partial charge in [0.2, 0.25) is 0 Å². The fraction of sp³-hybridized carbons (Fsp3) is 0.900. The minimum atomic E-state index is -4.25. The average Bonchev–Trinajstić information content (AvgIpc) is 3.09. The standard InChI is InChI=1S/C40H77O8P/c1-4-6-8-10-12-14-16-17-18-19-20-21-22-23-25-26-28-30-32-34-39(41)46-36-38(37-47-49(43,44)45-3)48-40(42)35-33-31-29-27-24-15-13-11-9-7-5-2/h11,13,38H,4-10,12,14-37H2,1-3H3,(H,43,44)/b13-11-. The molecule has 0 aliphatic carbocycles. The van der Waals surface area contributed by atoms with Gasteiger partial charge in [-0.1, -0.05) is 174 Å². The fourth-order valence-corrected chi connectivity index (χ4v) is 6.28. The molecule has 9 heteroatoms. The van der Waals surface area contributed by atoms with Crippen molar-refractivity contribution in [1.29, 1.82) is 0 Å². The van der Waals surface area contributed by atoms with Crippen molar-refractivity contribution in [1.82, 2.24) is 0 Å². The molecule has 0 amide bonds. The second kappa shape index (κ2) is 36.6. The third-order valence-corrected chi connectivity index (χ3v) is 9.95. The third kappa shape index (κ3) is 36.4. The highest BCUT2D eigenvalue weighted by Gasteiger charge is 2.24. The first kappa shape index (κ1) is 47.8. The average molecular weight is 717 g/mol. The first-order chi connectivity index (χ1) is 23.8. The quantitative estimate of drug-likeness (QED) is 0.0291. The van der Waals surface area contributed by atoms with Crippen LogP contribution in [0.4, 0.5) is 0 Å². The fourth-order valence-electron chi connectivity index (χ4n) is 5.82. The number of esters is 2. The zero-order valence-corrected chi connectivity index (χ0v) is 33.0. The number of allylic oxidation sites excluding steroid dienone is 2. The molecule has 0 aromatic rings. The highest BCUT2D eigenvalue weighted by molar-refractivity contribution is 7.47. The summed E-state index contributed by atoms with van der Waals surface area (Å²) in [7, 11) is -3.19. The van der Waals surface area contributed by atoms with E-state index in [-0.39, 0.29) is 19.0 Å². The maximum Gasteiger partial charge on any atom is 0.472 e. The Hall–Kier alpha value is -1.21. The van der Waals surface area contributed by atoms with Gasteiger partial charge in [-0.05, 0) is 32.1 Å². The van der Waals surface area contributed by atoms with E-state index in [4.69, 9.17) is 14.0 Å². The van der Waals surface area contributed by atoms with Crippen LogP contribution in [-0.4, -0.2) is 43.3 Å². The molecule has 290 valence electrons. The van der Waals surface area contributed by atoms with Crippen molar-refractivity contribution in [3.8, 4) is 0 Å². The molecule has 49 heavy (non-hydrogen) atoms. The Kier molecular flexibility index (Phi) is 35.7. The lowest BCUT2D eigenvalue weighted by Crippen LogP contribution is -2.29. The van der Waals surface area contributed by atoms with E-state index in [1.807, 2.05) is 0 Å². The van der Waals surface area contributed by atoms with Gasteiger partial charge in [-0.15, -0.1) is 0 Å². The number of ether oxygens (including phenoxy) is 2. The van der Waals surface area contributed by atoms with Gasteiger partial charge in [0.15, 0.2) is 6.10 Å². The molecular weight excluding hydrogens is 639 g/mol. The Morgan fingerprint density at radius 2 is 0.939 bits per heavy atom. The Bertz CT molecular complexity index is 818. The van der Waals surface area contributed by atoms with Crippen LogP contribution in [0.25, 0.3) is 0 Å². The SMILES string of the molecule is CCCC/C=C\CCCCCCCC(=O)OC(COC(=O)CCCCCCCCCCCCCCCCCCCCC)COP(=O)(O)OC. The van der Waals surface area contributed by atoms with E-state index < -0.39 is 26.5 Å². The van der Waals surface area contributed by atoms with Crippen molar-refractivity contribution < 1.29 is 37.6 Å². The van der Waals surface area contributed by atoms with Crippen LogP contribution in [0.15, 0.2) is 12.2 Å². The van der Waals surface area contributed by atoms with E-state index in [9.17, 15) is 19.0 Å². The molecule has 0 radical (unpaired) electrons. The Labute approximate surface area is 301 Å². The van der Waals surface area contributed by atoms with Gasteiger partial charge < -0.3 is 14.4 Å². The van der Waals surface area contributed by atoms with Gasteiger partial charge in [-0.25, -0.2) is 4.57 Å². The maximum absolute atomic E-state index is 12.4. The predicted molar refractivity (Wildman–Crippen MR) is 203 cm³/mol. The molecule has 0 aromatic heterocycles. The van der Waals surface area contributed by atoms with Crippen molar-refractivity contribution in [3.05, 3.63) is 12.2 Å². The molecule has 1 N–H and O–H groups in total. The van der Waals surface area contributed by atoms with Gasteiger partial charge in [0.25, 0.3) is 0 Å². The molecule has 0 aromatic carbocycles. The van der Waals surface area contributed by atoms with Crippen LogP contribution in [0, 0.1) is 0 Å². The largest absolute Gasteiger partial charge is 0.472 e. The number of phosphoric acid groups is 1. The lowest BCUT2D eigenvalue weighted by molar-refractivity contribution is -0.161. The number of rotatable bonds is 38. The van der Waals surface area contributed by atoms with Crippen LogP contribution in [0.1, 0.15) is 206 Å². The molecular formula is C40H77O8P. The van der Waals surface area contributed by atoms with Gasteiger partial charge in [-0.3, -0.25) is 18.6 Å². The van der Waals surface area contributed by atoms with Gasteiger partial charge in [-0.2, -0.15) is 0 Å². The molecule has 0 bridgehead atoms. The van der Waals surface area contributed by atoms with Crippen LogP contribution in [0.5, 0.6) is 0 Å². The summed E-state index contributed by atoms with van der Waals surface area (Å²) < 4.78 is 31.9. The number of phosphoric ester groups is 1. The van der Waals surface area contributed by atoms with E-state index in [1.165, 1.54) is 116 Å². The Morgan fingerprint density at radius 3 is 1.39 bits per heavy atom. The zero-order chi connectivity index (χ0) is 36.1. The molecule has 2 unspecified atom stereocenters. The number of carbonyl (C=O) groups is 2. The molecule has 0 aliphatic heterocycles. The summed E-state index contributed by atoms with van der Waals surface area (Å²) in [4.78, 5) is 34.3. The molecule has 0 saturated carbocycles. The van der Waals surface area contributed by atoms with Crippen molar-refractivity contribution in [2.45, 2.75) is 213 Å². The number of carbonyl (C=O) groups excluding carboxylic acids is 2. The lowest BCUT2D eigenvalue weighted by atomic mass is 10.0. The molecule has 0 spiro atoms. The molecule has 0 fully saturated rings. The van der Waals surface area contributed by atoms with Crippen LogP contribution < -0.4 is 0 Å². The van der Waals surface area contributed by atoms with E-state index in [2.05, 4.69) is 30.5 Å². The highest BCUT2D eigenvalue weighted by Crippen LogP contribution is 2.42. The number of hydrogen-bond acceptors (Lipinski definition) is 7. The summed E-state index contributed by atoms with van der Waals surface area (Å²) in [6.45, 7) is 3.85. The van der Waals surface area contributed by atoms with Crippen LogP contribution in [0.2, 0.25) is 0 Å². The zero-order valence-electron chi connectivity index (χ0n) is 32.1. The van der Waals surface area contributed by atoms with E-state index in [0.717, 1.165) is 64.9 Å². The number of unbranched alkanes of at least 4 members (excludes halogenated alkanes) is 25. The topological polar surface area (TPSA) is 108 Å². The smallest absolute Gasteiger partial charge is 0.462 e. The minimum Gasteiger partial charge on any atom is -0.462 e. The highest BCUT2D eigenvalue weighted by atomic mass is 31.2. The van der Waals surface area contributed by atoms with Crippen molar-refractivity contribution in [2.24, 2.45) is 0 Å². The monoisotopic (exact) mass is 717 g/mol.